The number of hydrogen-bond donors (Lipinski definition) is 1. The van der Waals surface area contributed by atoms with Gasteiger partial charge in [0, 0.05) is 0 Å². The van der Waals surface area contributed by atoms with Gasteiger partial charge < -0.3 is 18.9 Å². The maximum atomic E-state index is 13.0. The zero-order chi connectivity index (χ0) is 25.5. The number of benzene rings is 3. The number of nitrogens with one attached hydrogen (secondary N) is 1. The summed E-state index contributed by atoms with van der Waals surface area (Å²) in [5.74, 6) is 1.16. The number of nitrogens with zero attached hydrogens (tertiary/aromatic N) is 1. The molecule has 1 saturated heterocycles. The number of urea groups is 1. The van der Waals surface area contributed by atoms with Gasteiger partial charge in [0.1, 0.15) is 41.8 Å². The van der Waals surface area contributed by atoms with Crippen molar-refractivity contribution in [1.82, 2.24) is 5.32 Å². The van der Waals surface area contributed by atoms with Crippen molar-refractivity contribution < 1.29 is 33.3 Å². The van der Waals surface area contributed by atoms with Gasteiger partial charge in [-0.25, -0.2) is 9.69 Å². The smallest absolute Gasteiger partial charge is 0.335 e. The predicted molar refractivity (Wildman–Crippen MR) is 132 cm³/mol. The molecular formula is C27H24N2O7. The number of ether oxygens (including phenoxy) is 4. The molecule has 1 aliphatic rings. The Morgan fingerprint density at radius 2 is 1.17 bits per heavy atom. The van der Waals surface area contributed by atoms with Crippen molar-refractivity contribution in [3.63, 3.8) is 0 Å². The molecule has 3 aromatic rings. The quantitative estimate of drug-likeness (QED) is 0.277. The van der Waals surface area contributed by atoms with E-state index in [1.807, 2.05) is 24.3 Å². The van der Waals surface area contributed by atoms with Crippen LogP contribution in [-0.4, -0.2) is 45.3 Å². The first-order valence-corrected chi connectivity index (χ1v) is 11.0. The Morgan fingerprint density at radius 1 is 0.694 bits per heavy atom. The van der Waals surface area contributed by atoms with E-state index in [1.54, 1.807) is 55.6 Å². The molecular weight excluding hydrogens is 464 g/mol. The van der Waals surface area contributed by atoms with Crippen molar-refractivity contribution in [3.8, 4) is 23.0 Å². The van der Waals surface area contributed by atoms with Gasteiger partial charge in [-0.15, -0.1) is 0 Å². The average molecular weight is 488 g/mol. The molecule has 0 aliphatic carbocycles. The van der Waals surface area contributed by atoms with Gasteiger partial charge in [-0.3, -0.25) is 14.9 Å². The van der Waals surface area contributed by atoms with Crippen LogP contribution in [0.1, 0.15) is 5.56 Å². The summed E-state index contributed by atoms with van der Waals surface area (Å²) in [6.45, 7) is 0.675. The second-order valence-electron chi connectivity index (χ2n) is 7.60. The largest absolute Gasteiger partial charge is 0.497 e. The highest BCUT2D eigenvalue weighted by molar-refractivity contribution is 6.39. The molecule has 0 saturated carbocycles. The second kappa shape index (κ2) is 11.1. The minimum atomic E-state index is -0.812. The lowest BCUT2D eigenvalue weighted by Crippen LogP contribution is -2.54. The van der Waals surface area contributed by atoms with Crippen molar-refractivity contribution in [2.45, 2.75) is 0 Å². The van der Waals surface area contributed by atoms with Crippen molar-refractivity contribution in [3.05, 3.63) is 83.9 Å². The minimum absolute atomic E-state index is 0.160. The van der Waals surface area contributed by atoms with Crippen LogP contribution < -0.4 is 29.2 Å². The Labute approximate surface area is 207 Å². The second-order valence-corrected chi connectivity index (χ2v) is 7.60. The molecule has 9 heteroatoms. The monoisotopic (exact) mass is 488 g/mol. The first-order chi connectivity index (χ1) is 17.5. The van der Waals surface area contributed by atoms with Gasteiger partial charge >= 0.3 is 6.03 Å². The summed E-state index contributed by atoms with van der Waals surface area (Å²) < 4.78 is 21.5. The normalized spacial score (nSPS) is 14.4. The molecule has 4 rings (SSSR count). The van der Waals surface area contributed by atoms with Crippen LogP contribution in [0.3, 0.4) is 0 Å². The van der Waals surface area contributed by atoms with E-state index in [9.17, 15) is 14.4 Å². The maximum Gasteiger partial charge on any atom is 0.335 e. The fourth-order valence-corrected chi connectivity index (χ4v) is 3.44. The van der Waals surface area contributed by atoms with Crippen LogP contribution in [-0.2, 0) is 9.59 Å². The lowest BCUT2D eigenvalue weighted by Gasteiger charge is -2.26. The molecule has 0 radical (unpaired) electrons. The van der Waals surface area contributed by atoms with Crippen LogP contribution >= 0.6 is 0 Å². The lowest BCUT2D eigenvalue weighted by atomic mass is 10.1. The molecule has 1 aliphatic heterocycles. The Balaban J connectivity index is 1.38. The van der Waals surface area contributed by atoms with Gasteiger partial charge in [-0.1, -0.05) is 12.1 Å². The van der Waals surface area contributed by atoms with E-state index < -0.39 is 17.8 Å². The number of hydrogen-bond acceptors (Lipinski definition) is 7. The van der Waals surface area contributed by atoms with E-state index in [0.717, 1.165) is 10.6 Å². The molecule has 1 heterocycles. The van der Waals surface area contributed by atoms with Crippen LogP contribution in [0.25, 0.3) is 6.08 Å². The molecule has 0 atom stereocenters. The average Bonchev–Trinajstić information content (AvgIpc) is 2.90. The summed E-state index contributed by atoms with van der Waals surface area (Å²) in [5.41, 5.74) is 0.753. The highest BCUT2D eigenvalue weighted by Crippen LogP contribution is 2.25. The summed E-state index contributed by atoms with van der Waals surface area (Å²) in [5, 5.41) is 2.20. The third-order valence-corrected chi connectivity index (χ3v) is 5.30. The van der Waals surface area contributed by atoms with Crippen LogP contribution in [0.5, 0.6) is 23.0 Å². The number of imide groups is 2. The highest BCUT2D eigenvalue weighted by Gasteiger charge is 2.36. The third-order valence-electron chi connectivity index (χ3n) is 5.30. The van der Waals surface area contributed by atoms with Gasteiger partial charge in [-0.2, -0.15) is 0 Å². The summed E-state index contributed by atoms with van der Waals surface area (Å²) in [4.78, 5) is 38.6. The molecule has 0 bridgehead atoms. The molecule has 4 amide bonds. The van der Waals surface area contributed by atoms with Gasteiger partial charge in [0.15, 0.2) is 0 Å². The first kappa shape index (κ1) is 24.3. The molecule has 3 aromatic carbocycles. The van der Waals surface area contributed by atoms with Crippen LogP contribution in [0.2, 0.25) is 0 Å². The number of amides is 4. The van der Waals surface area contributed by atoms with Gasteiger partial charge in [0.25, 0.3) is 11.8 Å². The summed E-state index contributed by atoms with van der Waals surface area (Å²) >= 11 is 0. The Kier molecular flexibility index (Phi) is 7.50. The van der Waals surface area contributed by atoms with Crippen LogP contribution in [0.4, 0.5) is 10.5 Å². The standard InChI is InChI=1S/C27H24N2O7/c1-33-20-9-5-19(6-10-20)29-26(31)24(25(30)28-27(29)32)17-18-3-7-22(8-4-18)35-15-16-36-23-13-11-21(34-2)12-14-23/h3-14,17H,15-16H2,1-2H3,(H,28,30,32)/b24-17-. The van der Waals surface area contributed by atoms with Crippen LogP contribution in [0, 0.1) is 0 Å². The van der Waals surface area contributed by atoms with E-state index >= 15 is 0 Å². The van der Waals surface area contributed by atoms with E-state index in [-0.39, 0.29) is 5.57 Å². The topological polar surface area (TPSA) is 103 Å². The number of anilines is 1. The van der Waals surface area contributed by atoms with Crippen molar-refractivity contribution >= 4 is 29.6 Å². The van der Waals surface area contributed by atoms with Crippen molar-refractivity contribution in [1.29, 1.82) is 0 Å². The number of carbonyl (C=O) groups is 3. The van der Waals surface area contributed by atoms with Crippen LogP contribution in [0.15, 0.2) is 78.4 Å². The third kappa shape index (κ3) is 5.64. The van der Waals surface area contributed by atoms with E-state index in [1.165, 1.54) is 13.2 Å². The van der Waals surface area contributed by atoms with E-state index in [2.05, 4.69) is 5.32 Å². The Hall–Kier alpha value is -4.79. The van der Waals surface area contributed by atoms with E-state index in [0.29, 0.717) is 41.7 Å². The zero-order valence-electron chi connectivity index (χ0n) is 19.7. The fourth-order valence-electron chi connectivity index (χ4n) is 3.44. The molecule has 9 nitrogen and oxygen atoms in total. The number of rotatable bonds is 9. The number of barbiturate groups is 1. The molecule has 1 N–H and O–H groups in total. The maximum absolute atomic E-state index is 13.0. The number of methoxy groups -OCH3 is 2. The summed E-state index contributed by atoms with van der Waals surface area (Å²) in [7, 11) is 3.12. The minimum Gasteiger partial charge on any atom is -0.497 e. The summed E-state index contributed by atoms with van der Waals surface area (Å²) in [6, 6.07) is 19.7. The molecule has 1 fully saturated rings. The Bertz CT molecular complexity index is 1270. The fraction of sp³-hybridized carbons (Fsp3) is 0.148. The molecule has 0 spiro atoms. The first-order valence-electron chi connectivity index (χ1n) is 11.0. The molecule has 0 unspecified atom stereocenters. The molecule has 184 valence electrons. The van der Waals surface area contributed by atoms with Crippen molar-refractivity contribution in [2.75, 3.05) is 32.3 Å². The number of carbonyl (C=O) groups excluding carboxylic acids is 3. The summed E-state index contributed by atoms with van der Waals surface area (Å²) in [6.07, 6.45) is 1.43. The Morgan fingerprint density at radius 3 is 1.69 bits per heavy atom. The van der Waals surface area contributed by atoms with Gasteiger partial charge in [0.05, 0.1) is 19.9 Å². The zero-order valence-corrected chi connectivity index (χ0v) is 19.7. The predicted octanol–water partition coefficient (Wildman–Crippen LogP) is 3.83. The molecule has 0 aromatic heterocycles. The lowest BCUT2D eigenvalue weighted by molar-refractivity contribution is -0.122. The molecule has 36 heavy (non-hydrogen) atoms. The van der Waals surface area contributed by atoms with Crippen molar-refractivity contribution in [2.24, 2.45) is 0 Å². The highest BCUT2D eigenvalue weighted by atomic mass is 16.5. The van der Waals surface area contributed by atoms with Gasteiger partial charge in [-0.05, 0) is 72.3 Å². The SMILES string of the molecule is COc1ccc(OCCOc2ccc(/C=C3/C(=O)NC(=O)N(c4ccc(OC)cc4)C3=O)cc2)cc1. The van der Waals surface area contributed by atoms with Gasteiger partial charge in [0.2, 0.25) is 0 Å². The van der Waals surface area contributed by atoms with E-state index in [4.69, 9.17) is 18.9 Å².